The number of amides is 1. The Morgan fingerprint density at radius 2 is 2.00 bits per heavy atom. The van der Waals surface area contributed by atoms with Crippen LogP contribution in [0.15, 0.2) is 29.4 Å². The summed E-state index contributed by atoms with van der Waals surface area (Å²) in [5.74, 6) is 3.61. The lowest BCUT2D eigenvalue weighted by Crippen LogP contribution is -2.42. The van der Waals surface area contributed by atoms with Crippen molar-refractivity contribution in [3.8, 4) is 11.5 Å². The molecule has 148 valence electrons. The van der Waals surface area contributed by atoms with Crippen molar-refractivity contribution in [2.75, 3.05) is 26.0 Å². The van der Waals surface area contributed by atoms with Crippen molar-refractivity contribution in [3.05, 3.63) is 30.1 Å². The first kappa shape index (κ1) is 17.8. The Kier molecular flexibility index (Phi) is 4.66. The molecule has 0 radical (unpaired) electrons. The molecule has 2 heterocycles. The van der Waals surface area contributed by atoms with Gasteiger partial charge in [-0.25, -0.2) is 0 Å². The van der Waals surface area contributed by atoms with Crippen LogP contribution in [-0.4, -0.2) is 57.6 Å². The molecule has 7 nitrogen and oxygen atoms in total. The first-order valence-electron chi connectivity index (χ1n) is 9.89. The van der Waals surface area contributed by atoms with Gasteiger partial charge in [0.2, 0.25) is 5.91 Å². The fourth-order valence-electron chi connectivity index (χ4n) is 3.48. The topological polar surface area (TPSA) is 69.5 Å². The summed E-state index contributed by atoms with van der Waals surface area (Å²) in [5, 5.41) is 9.67. The van der Waals surface area contributed by atoms with Crippen LogP contribution in [0.4, 0.5) is 0 Å². The minimum atomic E-state index is -0.162. The van der Waals surface area contributed by atoms with Crippen LogP contribution in [-0.2, 0) is 4.79 Å². The van der Waals surface area contributed by atoms with Crippen LogP contribution < -0.4 is 9.47 Å². The predicted molar refractivity (Wildman–Crippen MR) is 105 cm³/mol. The number of thioether (sulfide) groups is 1. The van der Waals surface area contributed by atoms with E-state index in [2.05, 4.69) is 14.8 Å². The summed E-state index contributed by atoms with van der Waals surface area (Å²) >= 11 is 1.49. The molecule has 0 spiro atoms. The summed E-state index contributed by atoms with van der Waals surface area (Å²) in [6, 6.07) is 8.16. The molecule has 2 aliphatic carbocycles. The van der Waals surface area contributed by atoms with Gasteiger partial charge in [0.25, 0.3) is 0 Å². The minimum Gasteiger partial charge on any atom is -0.486 e. The van der Waals surface area contributed by atoms with E-state index in [-0.39, 0.29) is 12.0 Å². The number of hydrogen-bond acceptors (Lipinski definition) is 6. The second-order valence-electron chi connectivity index (χ2n) is 7.78. The molecule has 1 aliphatic heterocycles. The van der Waals surface area contributed by atoms with Gasteiger partial charge in [0, 0.05) is 19.0 Å². The lowest BCUT2D eigenvalue weighted by Gasteiger charge is -2.29. The van der Waals surface area contributed by atoms with Crippen molar-refractivity contribution >= 4 is 17.7 Å². The van der Waals surface area contributed by atoms with Crippen LogP contribution >= 0.6 is 11.8 Å². The number of likely N-dealkylation sites (N-methyl/N-ethyl adjacent to an activating group) is 1. The lowest BCUT2D eigenvalue weighted by atomic mass is 10.2. The molecule has 1 atom stereocenters. The summed E-state index contributed by atoms with van der Waals surface area (Å²) in [6.07, 6.45) is 4.65. The second-order valence-corrected chi connectivity index (χ2v) is 8.72. The van der Waals surface area contributed by atoms with Gasteiger partial charge in [-0.15, -0.1) is 10.2 Å². The van der Waals surface area contributed by atoms with E-state index in [4.69, 9.17) is 9.47 Å². The van der Waals surface area contributed by atoms with Crippen LogP contribution in [0.2, 0.25) is 0 Å². The van der Waals surface area contributed by atoms with E-state index in [1.165, 1.54) is 37.4 Å². The standard InChI is InChI=1S/C20H24N4O3S/c1-23(10-15-11-26-16-4-2-3-5-17(16)27-15)18(25)12-28-20-22-21-19(13-6-7-13)24(20)14-8-9-14/h2-5,13-15H,6-12H2,1H3. The van der Waals surface area contributed by atoms with Crippen molar-refractivity contribution in [1.82, 2.24) is 19.7 Å². The number of ether oxygens (including phenoxy) is 2. The van der Waals surface area contributed by atoms with Crippen LogP contribution in [0.3, 0.4) is 0 Å². The Bertz CT molecular complexity index is 878. The fourth-order valence-corrected chi connectivity index (χ4v) is 4.43. The largest absolute Gasteiger partial charge is 0.486 e. The molecule has 2 fully saturated rings. The Hall–Kier alpha value is -2.22. The predicted octanol–water partition coefficient (Wildman–Crippen LogP) is 2.88. The molecule has 2 aromatic rings. The SMILES string of the molecule is CN(CC1COc2ccccc2O1)C(=O)CSc1nnc(C2CC2)n1C1CC1. The lowest BCUT2D eigenvalue weighted by molar-refractivity contribution is -0.128. The number of rotatable bonds is 7. The number of fused-ring (bicyclic) bond motifs is 1. The maximum atomic E-state index is 12.6. The number of benzene rings is 1. The monoisotopic (exact) mass is 400 g/mol. The van der Waals surface area contributed by atoms with E-state index < -0.39 is 0 Å². The molecule has 1 amide bonds. The van der Waals surface area contributed by atoms with Crippen molar-refractivity contribution in [2.24, 2.45) is 0 Å². The summed E-state index contributed by atoms with van der Waals surface area (Å²) in [7, 11) is 1.81. The molecular formula is C20H24N4O3S. The second kappa shape index (κ2) is 7.31. The van der Waals surface area contributed by atoms with Crippen molar-refractivity contribution in [1.29, 1.82) is 0 Å². The number of hydrogen-bond donors (Lipinski definition) is 0. The van der Waals surface area contributed by atoms with Crippen LogP contribution in [0.5, 0.6) is 11.5 Å². The fraction of sp³-hybridized carbons (Fsp3) is 0.550. The third-order valence-corrected chi connectivity index (χ3v) is 6.27. The molecule has 2 saturated carbocycles. The first-order valence-corrected chi connectivity index (χ1v) is 10.9. The maximum Gasteiger partial charge on any atom is 0.232 e. The molecule has 0 N–H and O–H groups in total. The van der Waals surface area contributed by atoms with Gasteiger partial charge in [0.05, 0.1) is 12.3 Å². The average Bonchev–Trinajstić information content (AvgIpc) is 3.64. The summed E-state index contributed by atoms with van der Waals surface area (Å²) in [4.78, 5) is 14.4. The van der Waals surface area contributed by atoms with Gasteiger partial charge in [-0.2, -0.15) is 0 Å². The summed E-state index contributed by atoms with van der Waals surface area (Å²) in [6.45, 7) is 0.943. The highest BCUT2D eigenvalue weighted by atomic mass is 32.2. The molecule has 1 unspecified atom stereocenters. The number of aromatic nitrogens is 3. The molecule has 0 bridgehead atoms. The van der Waals surface area contributed by atoms with Crippen molar-refractivity contribution < 1.29 is 14.3 Å². The third-order valence-electron chi connectivity index (χ3n) is 5.34. The van der Waals surface area contributed by atoms with Gasteiger partial charge in [-0.1, -0.05) is 23.9 Å². The molecule has 28 heavy (non-hydrogen) atoms. The van der Waals surface area contributed by atoms with Crippen molar-refractivity contribution in [3.63, 3.8) is 0 Å². The van der Waals surface area contributed by atoms with Gasteiger partial charge >= 0.3 is 0 Å². The molecule has 1 aromatic carbocycles. The van der Waals surface area contributed by atoms with Gasteiger partial charge in [0.1, 0.15) is 12.4 Å². The van der Waals surface area contributed by atoms with Gasteiger partial charge in [0.15, 0.2) is 22.8 Å². The molecule has 1 aromatic heterocycles. The van der Waals surface area contributed by atoms with E-state index in [1.54, 1.807) is 4.90 Å². The highest BCUT2D eigenvalue weighted by Gasteiger charge is 2.36. The molecule has 0 saturated heterocycles. The number of nitrogens with zero attached hydrogens (tertiary/aromatic N) is 4. The third kappa shape index (κ3) is 3.70. The molecular weight excluding hydrogens is 376 g/mol. The summed E-state index contributed by atoms with van der Waals surface area (Å²) in [5.41, 5.74) is 0. The smallest absolute Gasteiger partial charge is 0.232 e. The number of para-hydroxylation sites is 2. The van der Waals surface area contributed by atoms with Crippen LogP contribution in [0.1, 0.15) is 43.5 Å². The Morgan fingerprint density at radius 3 is 2.75 bits per heavy atom. The van der Waals surface area contributed by atoms with E-state index in [1.807, 2.05) is 31.3 Å². The van der Waals surface area contributed by atoms with E-state index in [0.29, 0.717) is 30.9 Å². The quantitative estimate of drug-likeness (QED) is 0.666. The van der Waals surface area contributed by atoms with E-state index >= 15 is 0 Å². The minimum absolute atomic E-state index is 0.0609. The van der Waals surface area contributed by atoms with E-state index in [0.717, 1.165) is 22.5 Å². The highest BCUT2D eigenvalue weighted by Crippen LogP contribution is 2.46. The zero-order valence-electron chi connectivity index (χ0n) is 15.9. The molecule has 8 heteroatoms. The normalized spacial score (nSPS) is 20.8. The molecule has 5 rings (SSSR count). The summed E-state index contributed by atoms with van der Waals surface area (Å²) < 4.78 is 14.0. The molecule has 3 aliphatic rings. The highest BCUT2D eigenvalue weighted by molar-refractivity contribution is 7.99. The first-order chi connectivity index (χ1) is 13.7. The van der Waals surface area contributed by atoms with Crippen LogP contribution in [0, 0.1) is 0 Å². The number of carbonyl (C=O) groups is 1. The van der Waals surface area contributed by atoms with Crippen molar-refractivity contribution in [2.45, 2.75) is 48.9 Å². The van der Waals surface area contributed by atoms with Crippen LogP contribution in [0.25, 0.3) is 0 Å². The zero-order chi connectivity index (χ0) is 19.1. The van der Waals surface area contributed by atoms with E-state index in [9.17, 15) is 4.79 Å². The van der Waals surface area contributed by atoms with Gasteiger partial charge < -0.3 is 18.9 Å². The average molecular weight is 401 g/mol. The Balaban J connectivity index is 1.16. The maximum absolute atomic E-state index is 12.6. The Labute approximate surface area is 168 Å². The van der Waals surface area contributed by atoms with Gasteiger partial charge in [-0.05, 0) is 37.8 Å². The Morgan fingerprint density at radius 1 is 1.21 bits per heavy atom. The van der Waals surface area contributed by atoms with Gasteiger partial charge in [-0.3, -0.25) is 4.79 Å². The number of carbonyl (C=O) groups excluding carboxylic acids is 1. The zero-order valence-corrected chi connectivity index (χ0v) is 16.7.